The van der Waals surface area contributed by atoms with E-state index in [1.165, 1.54) is 0 Å². The van der Waals surface area contributed by atoms with Gasteiger partial charge >= 0.3 is 5.97 Å². The number of fused-ring (bicyclic) bond motifs is 1. The molecule has 0 radical (unpaired) electrons. The van der Waals surface area contributed by atoms with E-state index in [-0.39, 0.29) is 19.6 Å². The second-order valence-electron chi connectivity index (χ2n) is 4.44. The highest BCUT2D eigenvalue weighted by molar-refractivity contribution is 5.94. The van der Waals surface area contributed by atoms with Gasteiger partial charge in [0.1, 0.15) is 5.52 Å². The van der Waals surface area contributed by atoms with Crippen molar-refractivity contribution in [3.05, 3.63) is 23.8 Å². The molecule has 1 aromatic carbocycles. The molecule has 1 amide bonds. The van der Waals surface area contributed by atoms with Crippen molar-refractivity contribution in [1.82, 2.24) is 20.3 Å². The van der Waals surface area contributed by atoms with Crippen molar-refractivity contribution < 1.29 is 14.3 Å². The number of nitrogens with zero attached hydrogens (tertiary/aromatic N) is 4. The molecule has 0 saturated carbocycles. The Balaban J connectivity index is 1.95. The lowest BCUT2D eigenvalue weighted by atomic mass is 10.2. The highest BCUT2D eigenvalue weighted by atomic mass is 16.5. The summed E-state index contributed by atoms with van der Waals surface area (Å²) in [4.78, 5) is 23.3. The van der Waals surface area contributed by atoms with Crippen LogP contribution < -0.4 is 5.32 Å². The number of nitriles is 1. The fraction of sp³-hybridized carbons (Fsp3) is 0.357. The van der Waals surface area contributed by atoms with Gasteiger partial charge in [0.15, 0.2) is 6.61 Å². The Labute approximate surface area is 126 Å². The summed E-state index contributed by atoms with van der Waals surface area (Å²) in [6.07, 6.45) is 0.212. The van der Waals surface area contributed by atoms with Gasteiger partial charge in [-0.15, -0.1) is 5.10 Å². The summed E-state index contributed by atoms with van der Waals surface area (Å²) in [6.45, 7) is 2.48. The third-order valence-corrected chi connectivity index (χ3v) is 2.94. The maximum Gasteiger partial charge on any atom is 0.338 e. The third kappa shape index (κ3) is 3.58. The number of esters is 1. The van der Waals surface area contributed by atoms with Crippen LogP contribution in [0.1, 0.15) is 23.7 Å². The van der Waals surface area contributed by atoms with E-state index in [9.17, 15) is 9.59 Å². The first-order chi connectivity index (χ1) is 10.7. The zero-order chi connectivity index (χ0) is 15.9. The van der Waals surface area contributed by atoms with Gasteiger partial charge in [-0.2, -0.15) is 5.26 Å². The van der Waals surface area contributed by atoms with Crippen molar-refractivity contribution >= 4 is 22.9 Å². The van der Waals surface area contributed by atoms with Gasteiger partial charge in [-0.3, -0.25) is 4.79 Å². The molecule has 0 aliphatic heterocycles. The lowest BCUT2D eigenvalue weighted by molar-refractivity contribution is -0.124. The number of aromatic nitrogens is 3. The molecule has 1 N–H and O–H groups in total. The monoisotopic (exact) mass is 301 g/mol. The molecule has 0 spiro atoms. The van der Waals surface area contributed by atoms with Crippen LogP contribution in [0, 0.1) is 11.3 Å². The molecule has 0 atom stereocenters. The molecule has 1 aromatic heterocycles. The number of nitrogens with one attached hydrogen (secondary N) is 1. The smallest absolute Gasteiger partial charge is 0.338 e. The zero-order valence-corrected chi connectivity index (χ0v) is 12.1. The van der Waals surface area contributed by atoms with Crippen molar-refractivity contribution in [1.29, 1.82) is 5.26 Å². The van der Waals surface area contributed by atoms with Crippen LogP contribution in [0.25, 0.3) is 11.0 Å². The van der Waals surface area contributed by atoms with E-state index in [0.29, 0.717) is 17.6 Å². The Morgan fingerprint density at radius 3 is 3.00 bits per heavy atom. The number of rotatable bonds is 6. The molecule has 2 aromatic rings. The molecule has 0 aliphatic rings. The van der Waals surface area contributed by atoms with E-state index >= 15 is 0 Å². The third-order valence-electron chi connectivity index (χ3n) is 2.94. The molecule has 0 saturated heterocycles. The first-order valence-electron chi connectivity index (χ1n) is 6.79. The van der Waals surface area contributed by atoms with Gasteiger partial charge in [0.05, 0.1) is 23.6 Å². The van der Waals surface area contributed by atoms with Gasteiger partial charge in [0.2, 0.25) is 0 Å². The zero-order valence-electron chi connectivity index (χ0n) is 12.1. The average molecular weight is 301 g/mol. The Morgan fingerprint density at radius 1 is 1.45 bits per heavy atom. The largest absolute Gasteiger partial charge is 0.452 e. The molecule has 0 unspecified atom stereocenters. The lowest BCUT2D eigenvalue weighted by Crippen LogP contribution is -2.29. The first-order valence-corrected chi connectivity index (χ1v) is 6.79. The summed E-state index contributed by atoms with van der Waals surface area (Å²) in [7, 11) is 0. The van der Waals surface area contributed by atoms with E-state index in [2.05, 4.69) is 15.6 Å². The van der Waals surface area contributed by atoms with Crippen LogP contribution in [-0.4, -0.2) is 40.0 Å². The molecule has 1 heterocycles. The second kappa shape index (κ2) is 7.17. The molecule has 8 nitrogen and oxygen atoms in total. The molecule has 22 heavy (non-hydrogen) atoms. The predicted octanol–water partition coefficient (Wildman–Crippen LogP) is 0.638. The summed E-state index contributed by atoms with van der Waals surface area (Å²) in [5, 5.41) is 18.7. The maximum absolute atomic E-state index is 11.9. The fourth-order valence-electron chi connectivity index (χ4n) is 1.86. The number of benzene rings is 1. The Kier molecular flexibility index (Phi) is 5.03. The van der Waals surface area contributed by atoms with Gasteiger partial charge < -0.3 is 10.1 Å². The van der Waals surface area contributed by atoms with Crippen LogP contribution in [0.4, 0.5) is 0 Å². The number of ether oxygens (including phenoxy) is 1. The number of hydrogen-bond donors (Lipinski definition) is 1. The van der Waals surface area contributed by atoms with Gasteiger partial charge in [-0.25, -0.2) is 9.48 Å². The molecule has 0 bridgehead atoms. The molecule has 114 valence electrons. The van der Waals surface area contributed by atoms with Crippen LogP contribution in [-0.2, 0) is 16.1 Å². The standard InChI is InChI=1S/C14H15N5O3/c1-2-19-12-5-4-10(8-11(12)17-18-19)14(21)22-9-13(20)16-7-3-6-15/h4-5,8H,2-3,7,9H2,1H3,(H,16,20). The molecule has 0 aliphatic carbocycles. The molecule has 2 rings (SSSR count). The van der Waals surface area contributed by atoms with Crippen molar-refractivity contribution in [2.75, 3.05) is 13.2 Å². The minimum atomic E-state index is -0.608. The van der Waals surface area contributed by atoms with Crippen LogP contribution >= 0.6 is 0 Å². The first kappa shape index (κ1) is 15.4. The van der Waals surface area contributed by atoms with Gasteiger partial charge in [0, 0.05) is 13.1 Å². The van der Waals surface area contributed by atoms with E-state index in [1.807, 2.05) is 13.0 Å². The SMILES string of the molecule is CCn1nnc2cc(C(=O)OCC(=O)NCCC#N)ccc21. The molecule has 8 heteroatoms. The summed E-state index contributed by atoms with van der Waals surface area (Å²) in [6, 6.07) is 6.82. The Bertz CT molecular complexity index is 732. The van der Waals surface area contributed by atoms with Gasteiger partial charge in [0.25, 0.3) is 5.91 Å². The predicted molar refractivity (Wildman–Crippen MR) is 76.7 cm³/mol. The second-order valence-corrected chi connectivity index (χ2v) is 4.44. The van der Waals surface area contributed by atoms with E-state index in [4.69, 9.17) is 10.00 Å². The number of amides is 1. The number of aryl methyl sites for hydroxylation is 1. The van der Waals surface area contributed by atoms with Crippen LogP contribution in [0.3, 0.4) is 0 Å². The van der Waals surface area contributed by atoms with E-state index in [0.717, 1.165) is 5.52 Å². The maximum atomic E-state index is 11.9. The summed E-state index contributed by atoms with van der Waals surface area (Å²) < 4.78 is 6.63. The minimum absolute atomic E-state index is 0.212. The quantitative estimate of drug-likeness (QED) is 0.619. The fourth-order valence-corrected chi connectivity index (χ4v) is 1.86. The normalized spacial score (nSPS) is 10.2. The van der Waals surface area contributed by atoms with E-state index in [1.54, 1.807) is 22.9 Å². The van der Waals surface area contributed by atoms with Crippen molar-refractivity contribution in [3.8, 4) is 6.07 Å². The number of carbonyl (C=O) groups excluding carboxylic acids is 2. The van der Waals surface area contributed by atoms with Crippen LogP contribution in [0.15, 0.2) is 18.2 Å². The molecular weight excluding hydrogens is 286 g/mol. The van der Waals surface area contributed by atoms with Crippen molar-refractivity contribution in [2.24, 2.45) is 0 Å². The Hall–Kier alpha value is -2.95. The van der Waals surface area contributed by atoms with Crippen LogP contribution in [0.2, 0.25) is 0 Å². The highest BCUT2D eigenvalue weighted by Gasteiger charge is 2.12. The van der Waals surface area contributed by atoms with Gasteiger partial charge in [-0.05, 0) is 25.1 Å². The van der Waals surface area contributed by atoms with Crippen LogP contribution in [0.5, 0.6) is 0 Å². The Morgan fingerprint density at radius 2 is 2.27 bits per heavy atom. The summed E-state index contributed by atoms with van der Waals surface area (Å²) in [5.74, 6) is -1.05. The minimum Gasteiger partial charge on any atom is -0.452 e. The molecule has 0 fully saturated rings. The van der Waals surface area contributed by atoms with Crippen molar-refractivity contribution in [3.63, 3.8) is 0 Å². The summed E-state index contributed by atoms with van der Waals surface area (Å²) in [5.41, 5.74) is 1.73. The average Bonchev–Trinajstić information content (AvgIpc) is 2.95. The number of hydrogen-bond acceptors (Lipinski definition) is 6. The van der Waals surface area contributed by atoms with Crippen molar-refractivity contribution in [2.45, 2.75) is 19.9 Å². The number of carbonyl (C=O) groups is 2. The highest BCUT2D eigenvalue weighted by Crippen LogP contribution is 2.14. The topological polar surface area (TPSA) is 110 Å². The summed E-state index contributed by atoms with van der Waals surface area (Å²) >= 11 is 0. The lowest BCUT2D eigenvalue weighted by Gasteiger charge is -2.05. The van der Waals surface area contributed by atoms with Gasteiger partial charge in [-0.1, -0.05) is 5.21 Å². The molecular formula is C14H15N5O3. The van der Waals surface area contributed by atoms with E-state index < -0.39 is 11.9 Å².